The van der Waals surface area contributed by atoms with Crippen LogP contribution in [0.15, 0.2) is 12.4 Å². The summed E-state index contributed by atoms with van der Waals surface area (Å²) in [5, 5.41) is 20.6. The van der Waals surface area contributed by atoms with Crippen LogP contribution in [0.25, 0.3) is 0 Å². The maximum Gasteiger partial charge on any atom is 0.102 e. The van der Waals surface area contributed by atoms with Gasteiger partial charge in [0.2, 0.25) is 0 Å². The highest BCUT2D eigenvalue weighted by Gasteiger charge is 2.59. The number of nitriles is 1. The molecule has 3 aliphatic rings. The molecule has 0 spiro atoms. The second-order valence-corrected chi connectivity index (χ2v) is 12.3. The Balaban J connectivity index is 0.00000158. The van der Waals surface area contributed by atoms with Crippen LogP contribution in [0.1, 0.15) is 111 Å². The number of aliphatic hydroxyl groups excluding tert-OH is 1. The molecule has 1 aromatic heterocycles. The molecule has 0 aromatic carbocycles. The molecule has 4 nitrogen and oxygen atoms in total. The number of aromatic nitrogens is 2. The van der Waals surface area contributed by atoms with Crippen LogP contribution in [0, 0.1) is 57.7 Å². The maximum absolute atomic E-state index is 9.15. The Morgan fingerprint density at radius 3 is 2.53 bits per heavy atom. The minimum atomic E-state index is 0.495. The van der Waals surface area contributed by atoms with Crippen LogP contribution in [0.3, 0.4) is 0 Å². The van der Waals surface area contributed by atoms with Crippen LogP contribution >= 0.6 is 0 Å². The normalized spacial score (nSPS) is 37.6. The van der Waals surface area contributed by atoms with Gasteiger partial charge < -0.3 is 5.11 Å². The van der Waals surface area contributed by atoms with Gasteiger partial charge in [0.1, 0.15) is 6.07 Å². The van der Waals surface area contributed by atoms with Crippen LogP contribution in [0.4, 0.5) is 0 Å². The minimum absolute atomic E-state index is 0.495. The SMILES string of the molecule is CCCCC1CCC2C(CCC3(C)C(C(C)Cn4cc(C#N)cn4)CCC23)C1(C)CCC.CO. The van der Waals surface area contributed by atoms with Gasteiger partial charge in [-0.3, -0.25) is 4.68 Å². The molecule has 0 bridgehead atoms. The molecular weight excluding hydrogens is 418 g/mol. The molecule has 192 valence electrons. The number of nitrogens with zero attached hydrogens (tertiary/aromatic N) is 3. The van der Waals surface area contributed by atoms with Crippen molar-refractivity contribution in [3.63, 3.8) is 0 Å². The summed E-state index contributed by atoms with van der Waals surface area (Å²) in [5.74, 6) is 5.20. The zero-order chi connectivity index (χ0) is 24.9. The number of aliphatic hydroxyl groups is 1. The van der Waals surface area contributed by atoms with Crippen LogP contribution < -0.4 is 0 Å². The fourth-order valence-electron chi connectivity index (χ4n) is 9.31. The first-order chi connectivity index (χ1) is 16.4. The Morgan fingerprint density at radius 2 is 1.88 bits per heavy atom. The van der Waals surface area contributed by atoms with E-state index in [0.29, 0.717) is 22.3 Å². The summed E-state index contributed by atoms with van der Waals surface area (Å²) in [4.78, 5) is 0. The lowest BCUT2D eigenvalue weighted by atomic mass is 9.45. The second kappa shape index (κ2) is 11.6. The van der Waals surface area contributed by atoms with Gasteiger partial charge in [-0.1, -0.05) is 53.9 Å². The van der Waals surface area contributed by atoms with Crippen molar-refractivity contribution in [2.45, 2.75) is 112 Å². The van der Waals surface area contributed by atoms with E-state index in [1.165, 1.54) is 70.6 Å². The number of hydrogen-bond acceptors (Lipinski definition) is 3. The number of unbranched alkanes of at least 4 members (excludes halogenated alkanes) is 1. The summed E-state index contributed by atoms with van der Waals surface area (Å²) in [6.07, 6.45) is 19.3. The molecule has 3 aliphatic carbocycles. The molecule has 1 heterocycles. The first kappa shape index (κ1) is 27.3. The van der Waals surface area contributed by atoms with E-state index in [2.05, 4.69) is 45.8 Å². The summed E-state index contributed by atoms with van der Waals surface area (Å²) < 4.78 is 2.02. The lowest BCUT2D eigenvalue weighted by Gasteiger charge is -2.60. The Bertz CT molecular complexity index is 812. The molecule has 0 amide bonds. The topological polar surface area (TPSA) is 61.8 Å². The highest BCUT2D eigenvalue weighted by Crippen LogP contribution is 2.67. The van der Waals surface area contributed by atoms with Gasteiger partial charge in [-0.2, -0.15) is 10.4 Å². The van der Waals surface area contributed by atoms with Crippen molar-refractivity contribution in [2.75, 3.05) is 7.11 Å². The van der Waals surface area contributed by atoms with Crippen molar-refractivity contribution >= 4 is 0 Å². The van der Waals surface area contributed by atoms with E-state index in [1.54, 1.807) is 6.20 Å². The van der Waals surface area contributed by atoms with Crippen molar-refractivity contribution in [3.05, 3.63) is 18.0 Å². The lowest BCUT2D eigenvalue weighted by Crippen LogP contribution is -2.52. The second-order valence-electron chi connectivity index (χ2n) is 12.3. The quantitative estimate of drug-likeness (QED) is 0.429. The average Bonchev–Trinajstić information content (AvgIpc) is 3.43. The average molecular weight is 470 g/mol. The number of rotatable bonds is 8. The molecule has 0 saturated heterocycles. The Morgan fingerprint density at radius 1 is 1.12 bits per heavy atom. The summed E-state index contributed by atoms with van der Waals surface area (Å²) in [6.45, 7) is 13.5. The molecule has 4 rings (SSSR count). The number of fused-ring (bicyclic) bond motifs is 3. The van der Waals surface area contributed by atoms with Crippen molar-refractivity contribution in [3.8, 4) is 6.07 Å². The third-order valence-corrected chi connectivity index (χ3v) is 10.8. The van der Waals surface area contributed by atoms with Gasteiger partial charge in [0, 0.05) is 19.9 Å². The molecule has 0 radical (unpaired) electrons. The Labute approximate surface area is 209 Å². The number of hydrogen-bond donors (Lipinski definition) is 1. The first-order valence-electron chi connectivity index (χ1n) is 14.2. The molecule has 0 aliphatic heterocycles. The van der Waals surface area contributed by atoms with E-state index in [4.69, 9.17) is 10.4 Å². The standard InChI is InChI=1S/C29H47N3.CH4O/c1-6-8-9-23-10-11-24-26-13-12-25(21(3)19-32-20-22(17-30)18-31-32)29(26,5)16-14-27(24)28(23,4)15-7-2;1-2/h18,20-21,23-27H,6-16,19H2,1-5H3;2H,1H3. The van der Waals surface area contributed by atoms with E-state index >= 15 is 0 Å². The summed E-state index contributed by atoms with van der Waals surface area (Å²) in [7, 11) is 1.00. The third-order valence-electron chi connectivity index (χ3n) is 10.8. The van der Waals surface area contributed by atoms with Crippen LogP contribution in [-0.2, 0) is 6.54 Å². The molecular formula is C30H51N3O. The van der Waals surface area contributed by atoms with Crippen LogP contribution in [0.2, 0.25) is 0 Å². The van der Waals surface area contributed by atoms with E-state index in [0.717, 1.165) is 43.2 Å². The van der Waals surface area contributed by atoms with Gasteiger partial charge in [0.25, 0.3) is 0 Å². The van der Waals surface area contributed by atoms with Gasteiger partial charge in [0.05, 0.1) is 11.8 Å². The monoisotopic (exact) mass is 469 g/mol. The van der Waals surface area contributed by atoms with Crippen LogP contribution in [0.5, 0.6) is 0 Å². The summed E-state index contributed by atoms with van der Waals surface area (Å²) >= 11 is 0. The Kier molecular flexibility index (Phi) is 9.29. The summed E-state index contributed by atoms with van der Waals surface area (Å²) in [6, 6.07) is 2.22. The van der Waals surface area contributed by atoms with Gasteiger partial charge in [-0.05, 0) is 97.7 Å². The Hall–Kier alpha value is -1.34. The lowest BCUT2D eigenvalue weighted by molar-refractivity contribution is -0.106. The first-order valence-corrected chi connectivity index (χ1v) is 14.2. The van der Waals surface area contributed by atoms with Gasteiger partial charge in [-0.15, -0.1) is 0 Å². The van der Waals surface area contributed by atoms with E-state index in [1.807, 2.05) is 10.9 Å². The van der Waals surface area contributed by atoms with Crippen molar-refractivity contribution in [1.29, 1.82) is 5.26 Å². The van der Waals surface area contributed by atoms with Crippen molar-refractivity contribution < 1.29 is 5.11 Å². The van der Waals surface area contributed by atoms with Crippen molar-refractivity contribution in [2.24, 2.45) is 46.3 Å². The van der Waals surface area contributed by atoms with E-state index in [9.17, 15) is 0 Å². The third kappa shape index (κ3) is 4.97. The van der Waals surface area contributed by atoms with E-state index in [-0.39, 0.29) is 0 Å². The molecule has 8 unspecified atom stereocenters. The van der Waals surface area contributed by atoms with Gasteiger partial charge >= 0.3 is 0 Å². The largest absolute Gasteiger partial charge is 0.400 e. The van der Waals surface area contributed by atoms with Crippen molar-refractivity contribution in [1.82, 2.24) is 9.78 Å². The molecule has 4 heteroatoms. The highest BCUT2D eigenvalue weighted by molar-refractivity contribution is 5.21. The fourth-order valence-corrected chi connectivity index (χ4v) is 9.31. The van der Waals surface area contributed by atoms with Gasteiger partial charge in [0.15, 0.2) is 0 Å². The molecule has 3 fully saturated rings. The van der Waals surface area contributed by atoms with E-state index < -0.39 is 0 Å². The molecule has 1 aromatic rings. The predicted molar refractivity (Wildman–Crippen MR) is 140 cm³/mol. The molecule has 1 N–H and O–H groups in total. The minimum Gasteiger partial charge on any atom is -0.400 e. The zero-order valence-corrected chi connectivity index (χ0v) is 22.9. The fraction of sp³-hybridized carbons (Fsp3) is 0.867. The molecule has 8 atom stereocenters. The van der Waals surface area contributed by atoms with Crippen LogP contribution in [-0.4, -0.2) is 22.0 Å². The smallest absolute Gasteiger partial charge is 0.102 e. The maximum atomic E-state index is 9.15. The van der Waals surface area contributed by atoms with Gasteiger partial charge in [-0.25, -0.2) is 0 Å². The predicted octanol–water partition coefficient (Wildman–Crippen LogP) is 7.46. The molecule has 3 saturated carbocycles. The molecule has 34 heavy (non-hydrogen) atoms. The highest BCUT2D eigenvalue weighted by atomic mass is 16.2. The zero-order valence-electron chi connectivity index (χ0n) is 22.9. The summed E-state index contributed by atoms with van der Waals surface area (Å²) in [5.41, 5.74) is 1.75.